The molecule has 0 radical (unpaired) electrons. The van der Waals surface area contributed by atoms with Crippen molar-refractivity contribution in [3.63, 3.8) is 0 Å². The van der Waals surface area contributed by atoms with Crippen LogP contribution >= 0.6 is 0 Å². The SMILES string of the molecule is CC(=Nc1ccccc1C)c1cccnc1.C[C-]=Nc1ccccc1C.[Cl-].[Fe+2]. The van der Waals surface area contributed by atoms with Gasteiger partial charge in [-0.2, -0.15) is 6.21 Å². The number of hydrogen-bond donors (Lipinski definition) is 0. The van der Waals surface area contributed by atoms with E-state index >= 15 is 0 Å². The van der Waals surface area contributed by atoms with E-state index in [-0.39, 0.29) is 29.5 Å². The molecule has 0 aliphatic heterocycles. The molecule has 146 valence electrons. The second-order valence-corrected chi connectivity index (χ2v) is 5.85. The number of hydrogen-bond acceptors (Lipinski definition) is 3. The van der Waals surface area contributed by atoms with Gasteiger partial charge in [0.15, 0.2) is 0 Å². The molecule has 0 unspecified atom stereocenters. The van der Waals surface area contributed by atoms with Crippen LogP contribution in [0.4, 0.5) is 11.4 Å². The average molecular weight is 434 g/mol. The third kappa shape index (κ3) is 8.18. The Labute approximate surface area is 185 Å². The minimum atomic E-state index is 0. The third-order valence-electron chi connectivity index (χ3n) is 3.83. The summed E-state index contributed by atoms with van der Waals surface area (Å²) in [5.41, 5.74) is 6.45. The fourth-order valence-corrected chi connectivity index (χ4v) is 2.32. The number of rotatable bonds is 3. The van der Waals surface area contributed by atoms with E-state index in [1.54, 1.807) is 13.1 Å². The summed E-state index contributed by atoms with van der Waals surface area (Å²) >= 11 is 0. The van der Waals surface area contributed by atoms with Crippen LogP contribution < -0.4 is 12.4 Å². The minimum Gasteiger partial charge on any atom is -1.00 e. The summed E-state index contributed by atoms with van der Waals surface area (Å²) in [4.78, 5) is 12.8. The smallest absolute Gasteiger partial charge is 1.00 e. The summed E-state index contributed by atoms with van der Waals surface area (Å²) in [7, 11) is 0. The second-order valence-electron chi connectivity index (χ2n) is 5.85. The standard InChI is InChI=1S/C14H14N2.C9H10N.ClH.Fe/c1-11-6-3-4-8-14(11)16-12(2)13-7-5-9-15-10-13;1-3-10-9-7-5-4-6-8(9)2;;/h3-10H,1-2H3;4-7H,1-2H3;1H;/q;-1;;+2/p-1. The first-order valence-electron chi connectivity index (χ1n) is 8.56. The van der Waals surface area contributed by atoms with Crippen LogP contribution in [0.2, 0.25) is 0 Å². The molecular weight excluding hydrogens is 410 g/mol. The molecule has 0 aliphatic carbocycles. The van der Waals surface area contributed by atoms with Gasteiger partial charge in [0, 0.05) is 23.7 Å². The number of aryl methyl sites for hydroxylation is 2. The number of aliphatic imine (C=N–C) groups is 2. The maximum Gasteiger partial charge on any atom is 2.00 e. The molecular formula is C23H24ClFeN3. The molecule has 0 saturated carbocycles. The van der Waals surface area contributed by atoms with E-state index in [1.165, 1.54) is 11.1 Å². The quantitative estimate of drug-likeness (QED) is 0.355. The van der Waals surface area contributed by atoms with E-state index in [4.69, 9.17) is 0 Å². The van der Waals surface area contributed by atoms with E-state index in [1.807, 2.05) is 74.6 Å². The van der Waals surface area contributed by atoms with Crippen molar-refractivity contribution in [1.29, 1.82) is 0 Å². The van der Waals surface area contributed by atoms with Crippen molar-refractivity contribution >= 4 is 23.3 Å². The molecule has 5 heteroatoms. The Balaban J connectivity index is 0.000000532. The van der Waals surface area contributed by atoms with Crippen molar-refractivity contribution in [3.05, 3.63) is 89.7 Å². The van der Waals surface area contributed by atoms with E-state index in [9.17, 15) is 0 Å². The van der Waals surface area contributed by atoms with Gasteiger partial charge in [-0.05, 0) is 31.5 Å². The molecule has 2 aromatic carbocycles. The van der Waals surface area contributed by atoms with Gasteiger partial charge in [0.2, 0.25) is 0 Å². The van der Waals surface area contributed by atoms with E-state index in [2.05, 4.69) is 34.2 Å². The summed E-state index contributed by atoms with van der Waals surface area (Å²) in [5, 5.41) is 0. The molecule has 0 amide bonds. The van der Waals surface area contributed by atoms with Gasteiger partial charge in [-0.25, -0.2) is 0 Å². The van der Waals surface area contributed by atoms with Gasteiger partial charge in [0.1, 0.15) is 0 Å². The van der Waals surface area contributed by atoms with E-state index in [0.29, 0.717) is 0 Å². The van der Waals surface area contributed by atoms with Crippen molar-refractivity contribution in [1.82, 2.24) is 4.98 Å². The van der Waals surface area contributed by atoms with E-state index < -0.39 is 0 Å². The predicted molar refractivity (Wildman–Crippen MR) is 111 cm³/mol. The molecule has 3 rings (SSSR count). The van der Waals surface area contributed by atoms with Gasteiger partial charge in [0.05, 0.1) is 5.69 Å². The summed E-state index contributed by atoms with van der Waals surface area (Å²) in [6.45, 7) is 7.90. The van der Waals surface area contributed by atoms with Crippen molar-refractivity contribution in [2.75, 3.05) is 0 Å². The summed E-state index contributed by atoms with van der Waals surface area (Å²) < 4.78 is 0. The Hall–Kier alpha value is -2.26. The largest absolute Gasteiger partial charge is 2.00 e. The van der Waals surface area contributed by atoms with Gasteiger partial charge in [-0.15, -0.1) is 18.6 Å². The van der Waals surface area contributed by atoms with Crippen LogP contribution in [0.1, 0.15) is 30.5 Å². The summed E-state index contributed by atoms with van der Waals surface area (Å²) in [5.74, 6) is 0. The summed E-state index contributed by atoms with van der Waals surface area (Å²) in [6.07, 6.45) is 6.35. The molecule has 1 aromatic heterocycles. The zero-order chi connectivity index (χ0) is 18.8. The van der Waals surface area contributed by atoms with Crippen molar-refractivity contribution in [3.8, 4) is 0 Å². The number of pyridine rings is 1. The first kappa shape index (κ1) is 25.7. The number of benzene rings is 2. The van der Waals surface area contributed by atoms with Gasteiger partial charge < -0.3 is 17.4 Å². The maximum absolute atomic E-state index is 4.61. The normalized spacial score (nSPS) is 10.4. The Kier molecular flexibility index (Phi) is 12.7. The molecule has 0 fully saturated rings. The molecule has 28 heavy (non-hydrogen) atoms. The monoisotopic (exact) mass is 433 g/mol. The molecule has 1 heterocycles. The number of aromatic nitrogens is 1. The average Bonchev–Trinajstić information content (AvgIpc) is 2.67. The Morgan fingerprint density at radius 1 is 0.857 bits per heavy atom. The van der Waals surface area contributed by atoms with Crippen LogP contribution in [0.25, 0.3) is 0 Å². The topological polar surface area (TPSA) is 37.6 Å². The molecule has 0 atom stereocenters. The van der Waals surface area contributed by atoms with Gasteiger partial charge in [-0.1, -0.05) is 55.1 Å². The molecule has 3 aromatic rings. The molecule has 3 nitrogen and oxygen atoms in total. The molecule has 0 spiro atoms. The molecule has 0 N–H and O–H groups in total. The first-order chi connectivity index (χ1) is 12.6. The van der Waals surface area contributed by atoms with Gasteiger partial charge >= 0.3 is 17.1 Å². The predicted octanol–water partition coefficient (Wildman–Crippen LogP) is 3.13. The van der Waals surface area contributed by atoms with Gasteiger partial charge in [0.25, 0.3) is 0 Å². The molecule has 0 saturated heterocycles. The Bertz CT molecular complexity index is 893. The van der Waals surface area contributed by atoms with E-state index in [0.717, 1.165) is 22.6 Å². The van der Waals surface area contributed by atoms with Crippen molar-refractivity contribution in [2.45, 2.75) is 27.7 Å². The number of nitrogens with zero attached hydrogens (tertiary/aromatic N) is 3. The summed E-state index contributed by atoms with van der Waals surface area (Å²) in [6, 6.07) is 20.0. The third-order valence-corrected chi connectivity index (χ3v) is 3.83. The number of halogens is 1. The zero-order valence-electron chi connectivity index (χ0n) is 16.5. The first-order valence-corrected chi connectivity index (χ1v) is 8.56. The fraction of sp³-hybridized carbons (Fsp3) is 0.174. The number of para-hydroxylation sites is 2. The molecule has 0 bridgehead atoms. The van der Waals surface area contributed by atoms with Crippen LogP contribution in [-0.2, 0) is 17.1 Å². The Morgan fingerprint density at radius 3 is 1.93 bits per heavy atom. The fourth-order valence-electron chi connectivity index (χ4n) is 2.32. The van der Waals surface area contributed by atoms with Crippen LogP contribution in [0.5, 0.6) is 0 Å². The van der Waals surface area contributed by atoms with Crippen LogP contribution in [0.3, 0.4) is 0 Å². The maximum atomic E-state index is 4.61. The van der Waals surface area contributed by atoms with Crippen LogP contribution in [0, 0.1) is 13.8 Å². The van der Waals surface area contributed by atoms with Gasteiger partial charge in [-0.3, -0.25) is 9.98 Å². The minimum absolute atomic E-state index is 0. The van der Waals surface area contributed by atoms with Crippen molar-refractivity contribution < 1.29 is 29.5 Å². The Morgan fingerprint density at radius 2 is 1.43 bits per heavy atom. The van der Waals surface area contributed by atoms with Crippen molar-refractivity contribution in [2.24, 2.45) is 9.98 Å². The molecule has 0 aliphatic rings. The van der Waals surface area contributed by atoms with Crippen LogP contribution in [-0.4, -0.2) is 16.9 Å². The van der Waals surface area contributed by atoms with Crippen LogP contribution in [0.15, 0.2) is 83.0 Å². The zero-order valence-corrected chi connectivity index (χ0v) is 18.4. The second kappa shape index (κ2) is 13.8.